The first kappa shape index (κ1) is 92.8. The molecule has 13 aromatic rings. The van der Waals surface area contributed by atoms with E-state index in [1.54, 1.807) is 123 Å². The molecule has 0 fully saturated rings. The Labute approximate surface area is 722 Å². The minimum Gasteiger partial charge on any atom is -0.870 e. The summed E-state index contributed by atoms with van der Waals surface area (Å²) in [6.45, 7) is 10.5. The standard InChI is InChI=1S/C32H31N3O5S.C25H23BrN2O5S.C24H22N2O3.C7H10BNO2.ClH.Na.H2O/c1-3-39-32(36)18-26-8-4-5-10-31(26)40-21-24-16-28(25-9-6-7-23(15-25)19-33)29-20-34-35(30(29)17-24)41(37,38)27-13-11-22(2)12-14-27;1-3-32-25(29)14-19-6-4-5-7-24(19)33-16-18-12-22(26)21-15-27-28(23(21)13-18)34(30,31)20-10-8-17(2)9-11-20;25-12-16-4-3-6-18(8-16)21-10-17(9-20-13-26-14-22(20)21)15-29-23-7-2-1-5-19(23)11-24(27)28;9-5-6-2-1-3-7(4-6)8(10)11;;;/h4-17,20H,3,18-19,21,33H2,1-2H3;4-13,15H,3,14,16H2,1-2H3;1-10,14H,11-13,15,25H2,(H,27,28);1-4,10-11H,5,9H2;1H;;1H2/q;;;;;+1;/p-1. The molecule has 10 N–H and O–H groups in total. The Bertz CT molecular complexity index is 5920. The van der Waals surface area contributed by atoms with Crippen molar-refractivity contribution in [2.24, 2.45) is 22.2 Å². The van der Waals surface area contributed by atoms with E-state index in [0.717, 1.165) is 86.1 Å². The Kier molecular flexibility index (Phi) is 34.4. The summed E-state index contributed by atoms with van der Waals surface area (Å²) < 4.78 is 84.9. The minimum absolute atomic E-state index is 0. The number of aliphatic imine (C=N–C) groups is 1. The number of carbonyl (C=O) groups is 3. The predicted molar refractivity (Wildman–Crippen MR) is 457 cm³/mol. The zero-order chi connectivity index (χ0) is 81.8. The summed E-state index contributed by atoms with van der Waals surface area (Å²) >= 11 is 3.52. The number of aromatic nitrogens is 4. The van der Waals surface area contributed by atoms with Gasteiger partial charge in [0.05, 0.1) is 72.2 Å². The number of carboxylic acid groups (broad SMARTS) is 1. The molecule has 24 nitrogen and oxygen atoms in total. The molecule has 0 bridgehead atoms. The van der Waals surface area contributed by atoms with Gasteiger partial charge in [0.2, 0.25) is 0 Å². The second-order valence-electron chi connectivity index (χ2n) is 26.7. The van der Waals surface area contributed by atoms with Crippen LogP contribution in [0.3, 0.4) is 0 Å². The number of aryl methyl sites for hydroxylation is 2. The van der Waals surface area contributed by atoms with Crippen molar-refractivity contribution in [1.82, 2.24) is 18.4 Å². The van der Waals surface area contributed by atoms with E-state index in [0.29, 0.717) is 112 Å². The molecule has 0 atom stereocenters. The van der Waals surface area contributed by atoms with E-state index in [2.05, 4.69) is 55.4 Å². The quantitative estimate of drug-likeness (QED) is 0.0206. The van der Waals surface area contributed by atoms with Crippen LogP contribution in [0.1, 0.15) is 86.2 Å². The third-order valence-corrected chi connectivity index (χ3v) is 22.3. The van der Waals surface area contributed by atoms with Crippen LogP contribution in [0.4, 0.5) is 0 Å². The van der Waals surface area contributed by atoms with Crippen molar-refractivity contribution in [3.63, 3.8) is 0 Å². The van der Waals surface area contributed by atoms with E-state index in [-0.39, 0.29) is 102 Å². The minimum atomic E-state index is -3.97. The van der Waals surface area contributed by atoms with Gasteiger partial charge in [-0.2, -0.15) is 35.2 Å². The molecule has 0 spiro atoms. The van der Waals surface area contributed by atoms with E-state index >= 15 is 0 Å². The maximum atomic E-state index is 13.7. The summed E-state index contributed by atoms with van der Waals surface area (Å²) in [7, 11) is -9.24. The summed E-state index contributed by atoms with van der Waals surface area (Å²) in [6, 6.07) is 69.6. The number of halogens is 2. The van der Waals surface area contributed by atoms with Crippen LogP contribution in [0.25, 0.3) is 44.1 Å². The van der Waals surface area contributed by atoms with Gasteiger partial charge in [0.25, 0.3) is 20.0 Å². The zero-order valence-corrected chi connectivity index (χ0v) is 71.5. The molecule has 606 valence electrons. The fourth-order valence-electron chi connectivity index (χ4n) is 12.7. The van der Waals surface area contributed by atoms with Gasteiger partial charge in [-0.1, -0.05) is 167 Å². The van der Waals surface area contributed by atoms with Gasteiger partial charge in [-0.25, -0.2) is 0 Å². The average molecular weight is 1730 g/mol. The first-order chi connectivity index (χ1) is 55.5. The molecular formula is C88H88BBrClN8NaO16S2. The molecule has 14 rings (SSSR count). The summed E-state index contributed by atoms with van der Waals surface area (Å²) in [5.41, 5.74) is 34.1. The van der Waals surface area contributed by atoms with Crippen molar-refractivity contribution in [3.8, 4) is 39.5 Å². The van der Waals surface area contributed by atoms with Crippen molar-refractivity contribution in [2.75, 3.05) is 13.2 Å². The second kappa shape index (κ2) is 43.7. The predicted octanol–water partition coefficient (Wildman–Crippen LogP) is 10.4. The fraction of sp³-hybridized carbons (Fsp3) is 0.182. The molecule has 2 aromatic heterocycles. The first-order valence-electron chi connectivity index (χ1n) is 36.8. The number of benzene rings is 11. The number of para-hydroxylation sites is 3. The number of aliphatic carboxylic acids is 1. The maximum Gasteiger partial charge on any atom is 1.00 e. The normalized spacial score (nSPS) is 11.2. The summed E-state index contributed by atoms with van der Waals surface area (Å²) in [6.07, 6.45) is 5.14. The van der Waals surface area contributed by atoms with Crippen molar-refractivity contribution in [2.45, 2.75) is 103 Å². The Morgan fingerprint density at radius 2 is 0.898 bits per heavy atom. The molecule has 0 unspecified atom stereocenters. The monoisotopic (exact) mass is 1720 g/mol. The van der Waals surface area contributed by atoms with E-state index in [4.69, 9.17) is 56.0 Å². The molecule has 1 aliphatic heterocycles. The molecule has 11 aromatic carbocycles. The second-order valence-corrected chi connectivity index (χ2v) is 31.1. The van der Waals surface area contributed by atoms with E-state index in [9.17, 15) is 31.2 Å². The summed E-state index contributed by atoms with van der Waals surface area (Å²) in [5, 5.41) is 36.5. The Morgan fingerprint density at radius 3 is 1.36 bits per heavy atom. The number of hydrogen-bond donors (Lipinski definition) is 6. The van der Waals surface area contributed by atoms with Gasteiger partial charge >= 0.3 is 54.6 Å². The summed E-state index contributed by atoms with van der Waals surface area (Å²) in [5.74, 6) is 0.169. The molecule has 0 aliphatic carbocycles. The Hall–Kier alpha value is -10.7. The number of esters is 2. The molecule has 3 heterocycles. The number of carbonyl (C=O) groups excluding carboxylic acids is 2. The topological polar surface area (TPSA) is 382 Å². The van der Waals surface area contributed by atoms with E-state index in [1.807, 2.05) is 123 Å². The van der Waals surface area contributed by atoms with Gasteiger partial charge in [0, 0.05) is 63.3 Å². The molecule has 118 heavy (non-hydrogen) atoms. The number of carboxylic acids is 1. The third kappa shape index (κ3) is 23.8. The van der Waals surface area contributed by atoms with Gasteiger partial charge < -0.3 is 61.5 Å². The van der Waals surface area contributed by atoms with E-state index < -0.39 is 33.1 Å². The van der Waals surface area contributed by atoms with Gasteiger partial charge in [0.15, 0.2) is 0 Å². The zero-order valence-electron chi connectivity index (χ0n) is 65.5. The van der Waals surface area contributed by atoms with Gasteiger partial charge in [-0.05, 0) is 185 Å². The summed E-state index contributed by atoms with van der Waals surface area (Å²) in [4.78, 5) is 39.9. The van der Waals surface area contributed by atoms with Crippen molar-refractivity contribution in [3.05, 3.63) is 320 Å². The van der Waals surface area contributed by atoms with Crippen molar-refractivity contribution < 1.29 is 105 Å². The fourth-order valence-corrected chi connectivity index (χ4v) is 15.8. The maximum absolute atomic E-state index is 13.7. The van der Waals surface area contributed by atoms with Crippen LogP contribution < -0.4 is 66.4 Å². The number of fused-ring (bicyclic) bond motifs is 3. The van der Waals surface area contributed by atoms with Crippen LogP contribution in [0.15, 0.2) is 262 Å². The van der Waals surface area contributed by atoms with Crippen LogP contribution >= 0.6 is 28.3 Å². The van der Waals surface area contributed by atoms with Crippen LogP contribution in [-0.4, -0.2) is 100 Å². The van der Waals surface area contributed by atoms with Crippen molar-refractivity contribution >= 4 is 107 Å². The van der Waals surface area contributed by atoms with Gasteiger partial charge in [0.1, 0.15) is 37.1 Å². The largest absolute Gasteiger partial charge is 1.00 e. The van der Waals surface area contributed by atoms with Crippen molar-refractivity contribution in [1.29, 1.82) is 0 Å². The number of hydrogen-bond acceptors (Lipinski definition) is 21. The number of ether oxygens (including phenoxy) is 5. The van der Waals surface area contributed by atoms with Gasteiger partial charge in [-0.15, -0.1) is 12.4 Å². The molecule has 0 radical (unpaired) electrons. The Balaban J connectivity index is 0.000000207. The number of nitrogens with zero attached hydrogens (tertiary/aromatic N) is 5. The number of rotatable bonds is 27. The number of nitrogens with two attached hydrogens (primary N) is 3. The SMILES string of the molecule is CCOC(=O)Cc1ccccc1OCc1cc(-c2cccc(CN)c2)c2cnn(S(=O)(=O)c3ccc(C)cc3)c2c1.CCOC(=O)Cc1ccccc1OCc1cc(Br)c2cnn(S(=O)(=O)c3ccc(C)cc3)c2c1.Cl.NCc1cccc(-c2cc(COc3ccccc3CC(=O)O)cc3c2C=NC3)c1.NCc1cccc(B(O)O)c1.[Na+].[OH-]. The molecule has 1 aliphatic rings. The third-order valence-electron chi connectivity index (χ3n) is 18.4. The molecule has 0 saturated carbocycles. The van der Waals surface area contributed by atoms with Crippen LogP contribution in [0.5, 0.6) is 17.2 Å². The smallest absolute Gasteiger partial charge is 0.870 e. The van der Waals surface area contributed by atoms with Gasteiger partial charge in [-0.3, -0.25) is 19.4 Å². The molecule has 30 heteroatoms. The van der Waals surface area contributed by atoms with Crippen LogP contribution in [-0.2, 0) is 109 Å². The molecular weight excluding hydrogens is 1640 g/mol. The van der Waals surface area contributed by atoms with Crippen LogP contribution in [0, 0.1) is 13.8 Å². The van der Waals surface area contributed by atoms with Crippen LogP contribution in [0.2, 0.25) is 0 Å². The first-order valence-corrected chi connectivity index (χ1v) is 40.5. The molecule has 0 amide bonds. The van der Waals surface area contributed by atoms with E-state index in [1.165, 1.54) is 6.20 Å². The average Bonchev–Trinajstić information content (AvgIpc) is 1.58. The molecule has 0 saturated heterocycles. The Morgan fingerprint density at radius 1 is 0.492 bits per heavy atom.